The molecule has 0 fully saturated rings. The van der Waals surface area contributed by atoms with E-state index >= 15 is 0 Å². The molecule has 0 heterocycles. The van der Waals surface area contributed by atoms with Crippen LogP contribution >= 0.6 is 14.3 Å². The Bertz CT molecular complexity index is 1160. The lowest BCUT2D eigenvalue weighted by atomic mass is 10.3. The van der Waals surface area contributed by atoms with Crippen molar-refractivity contribution in [2.45, 2.75) is 0 Å². The van der Waals surface area contributed by atoms with Crippen LogP contribution in [0.5, 0.6) is 23.0 Å². The molecule has 0 atom stereocenters. The van der Waals surface area contributed by atoms with Crippen molar-refractivity contribution in [1.82, 2.24) is 0 Å². The van der Waals surface area contributed by atoms with Crippen molar-refractivity contribution in [1.29, 1.82) is 0 Å². The van der Waals surface area contributed by atoms with Gasteiger partial charge in [-0.3, -0.25) is 0 Å². The van der Waals surface area contributed by atoms with Gasteiger partial charge in [-0.05, 0) is 97.1 Å². The molecule has 4 rings (SSSR count). The van der Waals surface area contributed by atoms with Crippen molar-refractivity contribution >= 4 is 35.5 Å². The molecule has 0 aliphatic heterocycles. The summed E-state index contributed by atoms with van der Waals surface area (Å²) in [6.45, 7) is 0. The second kappa shape index (κ2) is 9.42. The Balaban J connectivity index is 1.80. The monoisotopic (exact) mass is 494 g/mol. The van der Waals surface area contributed by atoms with E-state index in [1.807, 2.05) is 0 Å². The van der Waals surface area contributed by atoms with Crippen molar-refractivity contribution < 1.29 is 29.6 Å². The van der Waals surface area contributed by atoms with E-state index in [1.165, 1.54) is 48.5 Å². The molecule has 6 nitrogen and oxygen atoms in total. The predicted octanol–water partition coefficient (Wildman–Crippen LogP) is 3.84. The maximum atomic E-state index is 14.5. The minimum Gasteiger partial charge on any atom is -0.508 e. The average molecular weight is 494 g/mol. The van der Waals surface area contributed by atoms with E-state index in [0.29, 0.717) is 21.2 Å². The Hall–Kier alpha value is -3.46. The molecule has 0 aromatic heterocycles. The first kappa shape index (κ1) is 23.7. The number of phenolic OH excluding ortho intramolecular Hbond substituents is 4. The average Bonchev–Trinajstić information content (AvgIpc) is 2.84. The third-order valence-electron chi connectivity index (χ3n) is 5.80. The van der Waals surface area contributed by atoms with Crippen LogP contribution in [0.3, 0.4) is 0 Å². The Morgan fingerprint density at radius 3 is 0.735 bits per heavy atom. The zero-order chi connectivity index (χ0) is 24.3. The van der Waals surface area contributed by atoms with Crippen LogP contribution in [0.4, 0.5) is 0 Å². The smallest absolute Gasteiger partial charge is 0.143 e. The van der Waals surface area contributed by atoms with Gasteiger partial charge in [-0.1, -0.05) is 0 Å². The molecule has 0 saturated carbocycles. The van der Waals surface area contributed by atoms with E-state index < -0.39 is 14.3 Å². The summed E-state index contributed by atoms with van der Waals surface area (Å²) in [7, 11) is -6.63. The van der Waals surface area contributed by atoms with E-state index in [9.17, 15) is 29.6 Å². The van der Waals surface area contributed by atoms with Crippen LogP contribution in [0.2, 0.25) is 0 Å². The summed E-state index contributed by atoms with van der Waals surface area (Å²) in [5.74, 6) is 0.166. The van der Waals surface area contributed by atoms with Crippen LogP contribution in [-0.4, -0.2) is 32.7 Å². The summed E-state index contributed by atoms with van der Waals surface area (Å²) in [6, 6.07) is 24.4. The van der Waals surface area contributed by atoms with E-state index in [-0.39, 0.29) is 35.3 Å². The van der Waals surface area contributed by atoms with Gasteiger partial charge in [-0.15, -0.1) is 0 Å². The predicted molar refractivity (Wildman–Crippen MR) is 136 cm³/mol. The Morgan fingerprint density at radius 2 is 0.559 bits per heavy atom. The fourth-order valence-electron chi connectivity index (χ4n) is 3.87. The lowest BCUT2D eigenvalue weighted by molar-refractivity contribution is 0.475. The van der Waals surface area contributed by atoms with Gasteiger partial charge in [0.05, 0.1) is 0 Å². The standard InChI is InChI=1S/C26H24O6P2/c27-19-1-9-23(10-2-19)33(31,24-11-3-20(28)4-12-24)17-18-34(32,25-13-5-21(29)6-14-25)26-15-7-22(30)8-16-26/h1-16,27-30H,17-18H2. The normalized spacial score (nSPS) is 11.9. The van der Waals surface area contributed by atoms with Crippen LogP contribution in [0, 0.1) is 0 Å². The molecule has 8 heteroatoms. The number of hydrogen-bond donors (Lipinski definition) is 4. The number of phenols is 4. The molecule has 174 valence electrons. The molecule has 4 aromatic rings. The van der Waals surface area contributed by atoms with E-state index in [0.717, 1.165) is 0 Å². The van der Waals surface area contributed by atoms with Crippen LogP contribution in [0.25, 0.3) is 0 Å². The maximum absolute atomic E-state index is 14.5. The molecule has 0 saturated heterocycles. The lowest BCUT2D eigenvalue weighted by Crippen LogP contribution is -2.24. The van der Waals surface area contributed by atoms with Gasteiger partial charge in [-0.25, -0.2) is 0 Å². The van der Waals surface area contributed by atoms with Crippen molar-refractivity contribution in [3.05, 3.63) is 97.1 Å². The summed E-state index contributed by atoms with van der Waals surface area (Å²) in [4.78, 5) is 0. The highest BCUT2D eigenvalue weighted by molar-refractivity contribution is 7.82. The van der Waals surface area contributed by atoms with Crippen molar-refractivity contribution in [2.75, 3.05) is 12.3 Å². The molecule has 0 unspecified atom stereocenters. The summed E-state index contributed by atoms with van der Waals surface area (Å²) in [5, 5.41) is 40.9. The van der Waals surface area contributed by atoms with Crippen molar-refractivity contribution in [2.24, 2.45) is 0 Å². The van der Waals surface area contributed by atoms with Crippen LogP contribution < -0.4 is 21.2 Å². The molecule has 0 spiro atoms. The molecule has 0 aliphatic rings. The quantitative estimate of drug-likeness (QED) is 0.290. The van der Waals surface area contributed by atoms with Crippen molar-refractivity contribution in [3.8, 4) is 23.0 Å². The number of rotatable bonds is 7. The molecule has 34 heavy (non-hydrogen) atoms. The minimum absolute atomic E-state index is 0.0415. The topological polar surface area (TPSA) is 115 Å². The molecule has 0 bridgehead atoms. The van der Waals surface area contributed by atoms with Crippen molar-refractivity contribution in [3.63, 3.8) is 0 Å². The van der Waals surface area contributed by atoms with E-state index in [4.69, 9.17) is 0 Å². The largest absolute Gasteiger partial charge is 0.508 e. The maximum Gasteiger partial charge on any atom is 0.143 e. The molecule has 4 N–H and O–H groups in total. The van der Waals surface area contributed by atoms with Crippen LogP contribution in [0.15, 0.2) is 97.1 Å². The Morgan fingerprint density at radius 1 is 0.382 bits per heavy atom. The summed E-state index contributed by atoms with van der Waals surface area (Å²) >= 11 is 0. The second-order valence-electron chi connectivity index (χ2n) is 7.99. The first-order valence-corrected chi connectivity index (χ1v) is 14.4. The Labute approximate surface area is 197 Å². The third kappa shape index (κ3) is 4.75. The van der Waals surface area contributed by atoms with Gasteiger partial charge in [0.2, 0.25) is 0 Å². The first-order valence-electron chi connectivity index (χ1n) is 10.6. The summed E-state index contributed by atoms with van der Waals surface area (Å²) in [5.41, 5.74) is 0. The first-order chi connectivity index (χ1) is 16.2. The molecule has 0 amide bonds. The van der Waals surface area contributed by atoms with Gasteiger partial charge in [0.25, 0.3) is 0 Å². The lowest BCUT2D eigenvalue weighted by Gasteiger charge is -2.24. The fraction of sp³-hybridized carbons (Fsp3) is 0.0769. The summed E-state index contributed by atoms with van der Waals surface area (Å²) < 4.78 is 29.0. The van der Waals surface area contributed by atoms with Crippen LogP contribution in [-0.2, 0) is 9.13 Å². The highest BCUT2D eigenvalue weighted by atomic mass is 31.2. The van der Waals surface area contributed by atoms with Gasteiger partial charge in [0, 0.05) is 33.5 Å². The zero-order valence-corrected chi connectivity index (χ0v) is 19.9. The fourth-order valence-corrected chi connectivity index (χ4v) is 10.3. The van der Waals surface area contributed by atoms with E-state index in [1.54, 1.807) is 48.5 Å². The van der Waals surface area contributed by atoms with Gasteiger partial charge in [0.15, 0.2) is 0 Å². The highest BCUT2D eigenvalue weighted by Crippen LogP contribution is 2.51. The van der Waals surface area contributed by atoms with E-state index in [2.05, 4.69) is 0 Å². The molecular weight excluding hydrogens is 470 g/mol. The highest BCUT2D eigenvalue weighted by Gasteiger charge is 2.34. The SMILES string of the molecule is O=P(CCP(=O)(c1ccc(O)cc1)c1ccc(O)cc1)(c1ccc(O)cc1)c1ccc(O)cc1. The van der Waals surface area contributed by atoms with Gasteiger partial charge in [0.1, 0.15) is 37.3 Å². The minimum atomic E-state index is -3.31. The number of aromatic hydroxyl groups is 4. The van der Waals surface area contributed by atoms with Gasteiger partial charge < -0.3 is 29.6 Å². The molecule has 0 radical (unpaired) electrons. The molecule has 0 aliphatic carbocycles. The molecule has 4 aromatic carbocycles. The number of benzene rings is 4. The second-order valence-corrected chi connectivity index (χ2v) is 13.9. The van der Waals surface area contributed by atoms with Crippen LogP contribution in [0.1, 0.15) is 0 Å². The Kier molecular flexibility index (Phi) is 6.56. The molecular formula is C26H24O6P2. The third-order valence-corrected chi connectivity index (χ3v) is 12.4. The zero-order valence-electron chi connectivity index (χ0n) is 18.2. The number of hydrogen-bond acceptors (Lipinski definition) is 6. The van der Waals surface area contributed by atoms with Gasteiger partial charge >= 0.3 is 0 Å². The van der Waals surface area contributed by atoms with Gasteiger partial charge in [-0.2, -0.15) is 0 Å². The summed E-state index contributed by atoms with van der Waals surface area (Å²) in [6.07, 6.45) is 0.114.